The monoisotopic (exact) mass is 268 g/mol. The average Bonchev–Trinajstić information content (AvgIpc) is 2.72. The SMILES string of the molecule is Cc1ccccc1Cn1cnc2oc(C)c(C)c2c1=O. The van der Waals surface area contributed by atoms with Crippen molar-refractivity contribution >= 4 is 11.1 Å². The van der Waals surface area contributed by atoms with E-state index in [1.807, 2.05) is 45.0 Å². The van der Waals surface area contributed by atoms with Gasteiger partial charge < -0.3 is 4.42 Å². The minimum Gasteiger partial charge on any atom is -0.443 e. The fraction of sp³-hybridized carbons (Fsp3) is 0.250. The third kappa shape index (κ3) is 1.93. The fourth-order valence-electron chi connectivity index (χ4n) is 2.35. The molecule has 1 aromatic carbocycles. The standard InChI is InChI=1S/C16H16N2O2/c1-10-6-4-5-7-13(10)8-18-9-17-15-14(16(18)19)11(2)12(3)20-15/h4-7,9H,8H2,1-3H3. The average molecular weight is 268 g/mol. The van der Waals surface area contributed by atoms with Crippen LogP contribution in [0.25, 0.3) is 11.1 Å². The number of aryl methyl sites for hydroxylation is 3. The fourth-order valence-corrected chi connectivity index (χ4v) is 2.35. The van der Waals surface area contributed by atoms with E-state index in [1.54, 1.807) is 10.9 Å². The Kier molecular flexibility index (Phi) is 2.93. The van der Waals surface area contributed by atoms with E-state index in [0.717, 1.165) is 16.9 Å². The summed E-state index contributed by atoms with van der Waals surface area (Å²) in [6, 6.07) is 8.04. The number of furan rings is 1. The molecule has 2 heterocycles. The van der Waals surface area contributed by atoms with Crippen LogP contribution in [0.3, 0.4) is 0 Å². The molecule has 0 saturated heterocycles. The molecule has 20 heavy (non-hydrogen) atoms. The lowest BCUT2D eigenvalue weighted by atomic mass is 10.1. The molecule has 4 nitrogen and oxygen atoms in total. The summed E-state index contributed by atoms with van der Waals surface area (Å²) in [4.78, 5) is 16.8. The Hall–Kier alpha value is -2.36. The molecule has 0 aliphatic rings. The van der Waals surface area contributed by atoms with Crippen LogP contribution >= 0.6 is 0 Å². The molecule has 3 rings (SSSR count). The molecule has 2 aromatic heterocycles. The zero-order chi connectivity index (χ0) is 14.3. The van der Waals surface area contributed by atoms with E-state index in [2.05, 4.69) is 4.98 Å². The maximum atomic E-state index is 12.5. The number of nitrogens with zero attached hydrogens (tertiary/aromatic N) is 2. The largest absolute Gasteiger partial charge is 0.443 e. The smallest absolute Gasteiger partial charge is 0.265 e. The van der Waals surface area contributed by atoms with Crippen LogP contribution in [-0.4, -0.2) is 9.55 Å². The maximum absolute atomic E-state index is 12.5. The molecule has 4 heteroatoms. The molecule has 0 spiro atoms. The summed E-state index contributed by atoms with van der Waals surface area (Å²) >= 11 is 0. The Morgan fingerprint density at radius 2 is 1.95 bits per heavy atom. The molecule has 0 fully saturated rings. The van der Waals surface area contributed by atoms with Gasteiger partial charge in [-0.25, -0.2) is 4.98 Å². The third-order valence-electron chi connectivity index (χ3n) is 3.76. The van der Waals surface area contributed by atoms with Crippen LogP contribution in [0.2, 0.25) is 0 Å². The van der Waals surface area contributed by atoms with Crippen molar-refractivity contribution in [2.24, 2.45) is 0 Å². The van der Waals surface area contributed by atoms with Crippen molar-refractivity contribution in [1.82, 2.24) is 9.55 Å². The van der Waals surface area contributed by atoms with E-state index in [0.29, 0.717) is 17.6 Å². The van der Waals surface area contributed by atoms with E-state index >= 15 is 0 Å². The molecule has 0 radical (unpaired) electrons. The molecule has 0 atom stereocenters. The summed E-state index contributed by atoms with van der Waals surface area (Å²) < 4.78 is 7.12. The number of aromatic nitrogens is 2. The van der Waals surface area contributed by atoms with Crippen LogP contribution in [0.4, 0.5) is 0 Å². The Labute approximate surface area is 116 Å². The molecule has 0 bridgehead atoms. The summed E-state index contributed by atoms with van der Waals surface area (Å²) in [7, 11) is 0. The zero-order valence-electron chi connectivity index (χ0n) is 11.8. The van der Waals surface area contributed by atoms with E-state index in [1.165, 1.54) is 5.56 Å². The zero-order valence-corrected chi connectivity index (χ0v) is 11.8. The summed E-state index contributed by atoms with van der Waals surface area (Å²) in [6.45, 7) is 6.31. The van der Waals surface area contributed by atoms with Gasteiger partial charge in [0.05, 0.1) is 6.54 Å². The van der Waals surface area contributed by atoms with Gasteiger partial charge in [-0.15, -0.1) is 0 Å². The van der Waals surface area contributed by atoms with Crippen molar-refractivity contribution in [2.45, 2.75) is 27.3 Å². The Morgan fingerprint density at radius 3 is 2.70 bits per heavy atom. The van der Waals surface area contributed by atoms with Gasteiger partial charge in [0.15, 0.2) is 0 Å². The van der Waals surface area contributed by atoms with Crippen molar-refractivity contribution in [1.29, 1.82) is 0 Å². The molecule has 0 aliphatic heterocycles. The van der Waals surface area contributed by atoms with Crippen molar-refractivity contribution in [3.05, 3.63) is 63.4 Å². The molecular formula is C16H16N2O2. The highest BCUT2D eigenvalue weighted by atomic mass is 16.3. The normalized spacial score (nSPS) is 11.2. The lowest BCUT2D eigenvalue weighted by Gasteiger charge is -2.07. The minimum absolute atomic E-state index is 0.0485. The molecule has 0 unspecified atom stereocenters. The molecule has 0 saturated carbocycles. The van der Waals surface area contributed by atoms with Crippen LogP contribution in [0.15, 0.2) is 39.8 Å². The van der Waals surface area contributed by atoms with Crippen molar-refractivity contribution < 1.29 is 4.42 Å². The number of hydrogen-bond acceptors (Lipinski definition) is 3. The summed E-state index contributed by atoms with van der Waals surface area (Å²) in [5.74, 6) is 0.748. The first-order valence-electron chi connectivity index (χ1n) is 6.57. The van der Waals surface area contributed by atoms with Gasteiger partial charge in [0, 0.05) is 5.56 Å². The van der Waals surface area contributed by atoms with Gasteiger partial charge in [0.25, 0.3) is 5.56 Å². The van der Waals surface area contributed by atoms with Crippen LogP contribution < -0.4 is 5.56 Å². The van der Waals surface area contributed by atoms with Gasteiger partial charge in [-0.05, 0) is 31.9 Å². The topological polar surface area (TPSA) is 48.0 Å². The quantitative estimate of drug-likeness (QED) is 0.718. The second kappa shape index (κ2) is 4.63. The predicted molar refractivity (Wildman–Crippen MR) is 78.0 cm³/mol. The van der Waals surface area contributed by atoms with E-state index in [9.17, 15) is 4.79 Å². The lowest BCUT2D eigenvalue weighted by molar-refractivity contribution is 0.561. The number of hydrogen-bond donors (Lipinski definition) is 0. The Balaban J connectivity index is 2.14. The molecular weight excluding hydrogens is 252 g/mol. The number of fused-ring (bicyclic) bond motifs is 1. The summed E-state index contributed by atoms with van der Waals surface area (Å²) in [6.07, 6.45) is 1.56. The van der Waals surface area contributed by atoms with E-state index < -0.39 is 0 Å². The third-order valence-corrected chi connectivity index (χ3v) is 3.76. The van der Waals surface area contributed by atoms with E-state index in [-0.39, 0.29) is 5.56 Å². The molecule has 102 valence electrons. The summed E-state index contributed by atoms with van der Waals surface area (Å²) in [5, 5.41) is 0.582. The minimum atomic E-state index is -0.0485. The highest BCUT2D eigenvalue weighted by Crippen LogP contribution is 2.19. The Morgan fingerprint density at radius 1 is 1.20 bits per heavy atom. The van der Waals surface area contributed by atoms with Crippen LogP contribution in [0, 0.1) is 20.8 Å². The van der Waals surface area contributed by atoms with Crippen LogP contribution in [0.5, 0.6) is 0 Å². The van der Waals surface area contributed by atoms with Gasteiger partial charge >= 0.3 is 0 Å². The van der Waals surface area contributed by atoms with Crippen molar-refractivity contribution in [3.63, 3.8) is 0 Å². The second-order valence-corrected chi connectivity index (χ2v) is 5.07. The number of benzene rings is 1. The molecule has 3 aromatic rings. The summed E-state index contributed by atoms with van der Waals surface area (Å²) in [5.41, 5.74) is 3.53. The van der Waals surface area contributed by atoms with Gasteiger partial charge in [0.1, 0.15) is 17.5 Å². The first kappa shape index (κ1) is 12.7. The second-order valence-electron chi connectivity index (χ2n) is 5.07. The highest BCUT2D eigenvalue weighted by Gasteiger charge is 2.14. The van der Waals surface area contributed by atoms with Gasteiger partial charge in [-0.3, -0.25) is 9.36 Å². The highest BCUT2D eigenvalue weighted by molar-refractivity contribution is 5.77. The molecule has 0 N–H and O–H groups in total. The predicted octanol–water partition coefficient (Wildman–Crippen LogP) is 2.96. The van der Waals surface area contributed by atoms with Crippen molar-refractivity contribution in [2.75, 3.05) is 0 Å². The maximum Gasteiger partial charge on any atom is 0.265 e. The van der Waals surface area contributed by atoms with Crippen LogP contribution in [-0.2, 0) is 6.54 Å². The van der Waals surface area contributed by atoms with Gasteiger partial charge in [-0.2, -0.15) is 0 Å². The lowest BCUT2D eigenvalue weighted by Crippen LogP contribution is -2.21. The van der Waals surface area contributed by atoms with Crippen molar-refractivity contribution in [3.8, 4) is 0 Å². The first-order chi connectivity index (χ1) is 9.58. The van der Waals surface area contributed by atoms with E-state index in [4.69, 9.17) is 4.42 Å². The Bertz CT molecular complexity index is 843. The van der Waals surface area contributed by atoms with Gasteiger partial charge in [-0.1, -0.05) is 24.3 Å². The first-order valence-corrected chi connectivity index (χ1v) is 6.57. The molecule has 0 amide bonds. The van der Waals surface area contributed by atoms with Crippen LogP contribution in [0.1, 0.15) is 22.5 Å². The van der Waals surface area contributed by atoms with Gasteiger partial charge in [0.2, 0.25) is 5.71 Å². The number of rotatable bonds is 2. The molecule has 0 aliphatic carbocycles.